The average Bonchev–Trinajstić information content (AvgIpc) is 1.62. The molecule has 0 amide bonds. The number of anilines is 4. The van der Waals surface area contributed by atoms with Gasteiger partial charge in [0.25, 0.3) is 22.2 Å². The summed E-state index contributed by atoms with van der Waals surface area (Å²) in [5.74, 6) is 14.9. The number of alkyl halides is 12. The number of benzene rings is 3. The number of nitrogens with zero attached hydrogens (tertiary/aromatic N) is 21. The van der Waals surface area contributed by atoms with E-state index in [9.17, 15) is 86.2 Å². The lowest BCUT2D eigenvalue weighted by atomic mass is 10.1. The van der Waals surface area contributed by atoms with Gasteiger partial charge in [0.1, 0.15) is 56.4 Å². The predicted octanol–water partition coefficient (Wildman–Crippen LogP) is 6.04. The molecule has 150 heavy (non-hydrogen) atoms. The van der Waals surface area contributed by atoms with Crippen molar-refractivity contribution in [3.05, 3.63) is 196 Å². The molecule has 4 saturated heterocycles. The molecule has 0 saturated carbocycles. The molecule has 3 aromatic carbocycles. The molecule has 0 atom stereocenters. The summed E-state index contributed by atoms with van der Waals surface area (Å²) in [6.07, 6.45) is -13.9. The minimum atomic E-state index is -5.08. The highest BCUT2D eigenvalue weighted by Gasteiger charge is 2.41. The summed E-state index contributed by atoms with van der Waals surface area (Å²) in [6, 6.07) is 26.3. The first-order valence-electron chi connectivity index (χ1n) is 44.9. The van der Waals surface area contributed by atoms with Crippen LogP contribution >= 0.6 is 0 Å². The second-order valence-electron chi connectivity index (χ2n) is 31.4. The van der Waals surface area contributed by atoms with Crippen LogP contribution in [0, 0.1) is 58.7 Å². The highest BCUT2D eigenvalue weighted by molar-refractivity contribution is 5.90. The number of hydrogen-bond acceptors (Lipinski definition) is 32. The van der Waals surface area contributed by atoms with Crippen LogP contribution in [-0.4, -0.2) is 290 Å². The van der Waals surface area contributed by atoms with Crippen LogP contribution in [0.3, 0.4) is 0 Å². The molecule has 44 nitrogen and oxygen atoms in total. The summed E-state index contributed by atoms with van der Waals surface area (Å²) in [5.41, 5.74) is 7.22. The number of carbonyl (C=O) groups excluding carboxylic acids is 3. The molecule has 9 aromatic heterocycles. The zero-order valence-electron chi connectivity index (χ0n) is 80.9. The number of carbonyl (C=O) groups is 7. The van der Waals surface area contributed by atoms with Gasteiger partial charge in [-0.15, -0.1) is 23.7 Å². The van der Waals surface area contributed by atoms with Gasteiger partial charge in [0, 0.05) is 105 Å². The summed E-state index contributed by atoms with van der Waals surface area (Å²) in [5, 5.41) is 68.0. The van der Waals surface area contributed by atoms with Crippen molar-refractivity contribution in [2.45, 2.75) is 112 Å². The monoisotopic (exact) mass is 2110 g/mol. The highest BCUT2D eigenvalue weighted by Crippen LogP contribution is 2.28. The number of halogens is 12. The second-order valence-corrected chi connectivity index (χ2v) is 31.4. The smallest absolute Gasteiger partial charge is 0.475 e. The molecule has 0 unspecified atom stereocenters. The fraction of sp³-hybridized carbons (Fsp3) is 0.383. The van der Waals surface area contributed by atoms with Crippen molar-refractivity contribution >= 4 is 110 Å². The van der Waals surface area contributed by atoms with Crippen LogP contribution in [0.5, 0.6) is 0 Å². The summed E-state index contributed by atoms with van der Waals surface area (Å²) >= 11 is 0. The Morgan fingerprint density at radius 3 is 0.940 bits per heavy atom. The Morgan fingerprint density at radius 2 is 0.667 bits per heavy atom. The molecule has 4 aliphatic heterocycles. The molecule has 13 heterocycles. The maximum absolute atomic E-state index is 13.4. The van der Waals surface area contributed by atoms with E-state index in [0.29, 0.717) is 99.3 Å². The van der Waals surface area contributed by atoms with Crippen LogP contribution in [-0.2, 0) is 85.7 Å². The van der Waals surface area contributed by atoms with Gasteiger partial charge in [-0.25, -0.2) is 72.2 Å². The first kappa shape index (κ1) is 116. The number of imidazole rings is 4. The van der Waals surface area contributed by atoms with E-state index in [0.717, 1.165) is 145 Å². The summed E-state index contributed by atoms with van der Waals surface area (Å²) < 4.78 is 160. The molecule has 0 bridgehead atoms. The number of methoxy groups -OCH3 is 2. The van der Waals surface area contributed by atoms with Crippen molar-refractivity contribution in [1.82, 2.24) is 98.6 Å². The van der Waals surface area contributed by atoms with Gasteiger partial charge in [-0.05, 0) is 99.8 Å². The van der Waals surface area contributed by atoms with Gasteiger partial charge < -0.3 is 79.9 Å². The molecule has 12 aromatic rings. The van der Waals surface area contributed by atoms with Crippen LogP contribution < -0.4 is 63.1 Å². The molecule has 0 spiro atoms. The van der Waals surface area contributed by atoms with Crippen molar-refractivity contribution in [3.63, 3.8) is 0 Å². The van der Waals surface area contributed by atoms with Crippen LogP contribution in [0.4, 0.5) is 76.5 Å². The maximum atomic E-state index is 13.4. The minimum Gasteiger partial charge on any atom is -0.475 e. The van der Waals surface area contributed by atoms with Gasteiger partial charge in [0.05, 0.1) is 114 Å². The van der Waals surface area contributed by atoms with E-state index in [-0.39, 0.29) is 54.2 Å². The quantitative estimate of drug-likeness (QED) is 0.0186. The topological polar surface area (TPSA) is 537 Å². The third-order valence-electron chi connectivity index (χ3n) is 21.4. The fourth-order valence-electron chi connectivity index (χ4n) is 14.3. The number of carboxylic acid groups (broad SMARTS) is 4. The Kier molecular flexibility index (Phi) is 41.9. The number of aliphatic carboxylic acids is 4. The van der Waals surface area contributed by atoms with Crippen LogP contribution in [0.2, 0.25) is 0 Å². The SMILES string of the molecule is CC#CCn1c(N2CCNCC2)nc2cnn(Cc3ccc(C#N)cc3)c(=O)c21.CC#CCn1c(N2CCNCC2)nc2cnn(Cc3ccc(C(=O)OC)cc3)c(=O)c21.CC#CCn1c(N2CCNCC2)nc2cnn(Cc3ccc(C(=O)OCC)o3)c(=O)c21.CC#CCn1c(N2CCNCC2)nc2cnn(Cc3cccc(C(=O)OC)c3)c(=O)c21.O=C(O)C(F)(F)F.O=C(O)C(F)(F)F.O=C(O)C(F)(F)F.O=C(O)C(F)(F)F. The number of rotatable bonds is 20. The van der Waals surface area contributed by atoms with E-state index < -0.39 is 66.5 Å². The van der Waals surface area contributed by atoms with E-state index in [2.05, 4.69) is 120 Å². The van der Waals surface area contributed by atoms with E-state index >= 15 is 0 Å². The van der Waals surface area contributed by atoms with Gasteiger partial charge in [-0.1, -0.05) is 60.1 Å². The standard InChI is InChI=1S/2C22H24N6O3.C21H21N7O.C21H24N6O4.4C2HF3O2/c1-3-4-11-27-19-18(25-22(27)26-12-9-23-10-13-26)14-24-28(20(19)29)15-16-5-7-17(8-6-16)21(30)31-2;1-3-4-10-27-19-18(25-22(27)26-11-8-23-9-12-26)14-24-28(20(19)29)15-16-6-5-7-17(13-16)21(30)31-2;1-2-3-10-27-19-18(25-21(27)26-11-8-23-9-12-26)14-24-28(20(19)29)15-17-6-4-16(13-22)5-7-17;1-3-5-10-26-18-16(24-21(26)25-11-8-22-9-12-25)13-23-27(19(18)28)14-15-6-7-17(31-15)20(29)30-4-2;4*3-2(4,5)1(6)7/h5-8,14,23H,9-13,15H2,1-2H3;5-7,13-14,23H,8-12,15H2,1-2H3;4-7,14,23H,8-12,15H2,1H3;6-7,13,22H,4,8-12,14H2,1-2H3;4*(H,6,7). The fourth-order valence-corrected chi connectivity index (χ4v) is 14.3. The van der Waals surface area contributed by atoms with Crippen molar-refractivity contribution in [3.8, 4) is 53.4 Å². The van der Waals surface area contributed by atoms with Gasteiger partial charge >= 0.3 is 66.5 Å². The molecule has 4 aliphatic rings. The van der Waals surface area contributed by atoms with E-state index in [1.165, 1.54) is 39.0 Å². The van der Waals surface area contributed by atoms with Gasteiger partial charge in [-0.2, -0.15) is 78.3 Å². The summed E-state index contributed by atoms with van der Waals surface area (Å²) in [7, 11) is 2.68. The number of aromatic nitrogens is 16. The lowest BCUT2D eigenvalue weighted by molar-refractivity contribution is -0.193. The third kappa shape index (κ3) is 31.8. The lowest BCUT2D eigenvalue weighted by Crippen LogP contribution is -2.44. The molecular weight excluding hydrogens is 2010 g/mol. The Labute approximate surface area is 841 Å². The minimum absolute atomic E-state index is 0.0851. The Bertz CT molecular complexity index is 7270. The molecular formula is C94H97F12N25O19. The van der Waals surface area contributed by atoms with E-state index in [1.807, 2.05) is 36.5 Å². The number of nitrogens with one attached hydrogen (secondary N) is 4. The van der Waals surface area contributed by atoms with Gasteiger partial charge in [0.15, 0.2) is 0 Å². The first-order valence-corrected chi connectivity index (χ1v) is 44.9. The average molecular weight is 2110 g/mol. The molecule has 796 valence electrons. The number of fused-ring (bicyclic) bond motifs is 4. The third-order valence-corrected chi connectivity index (χ3v) is 21.4. The Hall–Kier alpha value is -17.4. The zero-order chi connectivity index (χ0) is 110. The molecule has 8 N–H and O–H groups in total. The van der Waals surface area contributed by atoms with Gasteiger partial charge in [-0.3, -0.25) is 37.4 Å². The van der Waals surface area contributed by atoms with Crippen molar-refractivity contribution in [2.75, 3.05) is 145 Å². The maximum Gasteiger partial charge on any atom is 0.490 e. The molecule has 16 rings (SSSR count). The number of carboxylic acids is 4. The molecule has 0 aliphatic carbocycles. The number of hydrogen-bond donors (Lipinski definition) is 8. The number of esters is 3. The largest absolute Gasteiger partial charge is 0.490 e. The van der Waals surface area contributed by atoms with Crippen molar-refractivity contribution < 1.29 is 125 Å². The number of nitriles is 1. The van der Waals surface area contributed by atoms with Crippen molar-refractivity contribution in [2.24, 2.45) is 0 Å². The number of furan rings is 1. The highest BCUT2D eigenvalue weighted by atomic mass is 19.4. The molecule has 4 fully saturated rings. The molecule has 56 heteroatoms. The first-order chi connectivity index (χ1) is 71.3. The summed E-state index contributed by atoms with van der Waals surface area (Å²) in [6.45, 7) is 25.0. The van der Waals surface area contributed by atoms with Crippen LogP contribution in [0.15, 0.2) is 133 Å². The number of piperazine rings is 4. The normalized spacial score (nSPS) is 13.3. The summed E-state index contributed by atoms with van der Waals surface area (Å²) in [4.78, 5) is 151. The van der Waals surface area contributed by atoms with Crippen molar-refractivity contribution in [1.29, 1.82) is 5.26 Å². The number of ether oxygens (including phenoxy) is 3. The zero-order valence-corrected chi connectivity index (χ0v) is 80.9. The van der Waals surface area contributed by atoms with Gasteiger partial charge in [0.2, 0.25) is 29.6 Å². The van der Waals surface area contributed by atoms with E-state index in [1.54, 1.807) is 120 Å². The van der Waals surface area contributed by atoms with E-state index in [4.69, 9.17) is 78.4 Å². The predicted molar refractivity (Wildman–Crippen MR) is 514 cm³/mol. The van der Waals surface area contributed by atoms with Crippen LogP contribution in [0.1, 0.15) is 93.9 Å². The Morgan fingerprint density at radius 1 is 0.387 bits per heavy atom. The van der Waals surface area contributed by atoms with Crippen LogP contribution in [0.25, 0.3) is 44.1 Å². The second kappa shape index (κ2) is 54.1. The Balaban J connectivity index is 0.000000204. The lowest BCUT2D eigenvalue weighted by Gasteiger charge is -2.28. The molecule has 0 radical (unpaired) electrons.